The van der Waals surface area contributed by atoms with Gasteiger partial charge in [-0.2, -0.15) is 0 Å². The second-order valence-electron chi connectivity index (χ2n) is 4.14. The molecule has 1 aliphatic rings. The number of nitrogens with zero attached hydrogens (tertiary/aromatic N) is 2. The fourth-order valence-corrected chi connectivity index (χ4v) is 2.25. The lowest BCUT2D eigenvalue weighted by Gasteiger charge is -2.30. The van der Waals surface area contributed by atoms with Crippen LogP contribution in [-0.2, 0) is 5.88 Å². The van der Waals surface area contributed by atoms with Crippen LogP contribution in [0.5, 0.6) is 0 Å². The molecule has 0 bridgehead atoms. The molecule has 16 heavy (non-hydrogen) atoms. The first-order valence-corrected chi connectivity index (χ1v) is 6.11. The number of piperidine rings is 1. The van der Waals surface area contributed by atoms with E-state index < -0.39 is 0 Å². The van der Waals surface area contributed by atoms with E-state index in [2.05, 4.69) is 22.9 Å². The van der Waals surface area contributed by atoms with Crippen LogP contribution in [0.15, 0.2) is 12.3 Å². The lowest BCUT2D eigenvalue weighted by atomic mass is 10.1. The van der Waals surface area contributed by atoms with Crippen molar-refractivity contribution in [3.63, 3.8) is 0 Å². The Bertz CT molecular complexity index is 336. The predicted molar refractivity (Wildman–Crippen MR) is 71.8 cm³/mol. The Hall–Kier alpha value is -0.470. The summed E-state index contributed by atoms with van der Waals surface area (Å²) in [5, 5.41) is 0. The number of aromatic nitrogens is 1. The highest BCUT2D eigenvalue weighted by Gasteiger charge is 2.13. The summed E-state index contributed by atoms with van der Waals surface area (Å²) in [7, 11) is 0. The minimum atomic E-state index is 0. The summed E-state index contributed by atoms with van der Waals surface area (Å²) in [5.74, 6) is 0.501. The van der Waals surface area contributed by atoms with Crippen LogP contribution in [0, 0.1) is 6.92 Å². The van der Waals surface area contributed by atoms with Crippen LogP contribution >= 0.6 is 24.0 Å². The zero-order valence-electron chi connectivity index (χ0n) is 9.58. The first kappa shape index (κ1) is 13.6. The molecule has 0 amide bonds. The maximum absolute atomic E-state index is 5.81. The van der Waals surface area contributed by atoms with Crippen LogP contribution < -0.4 is 4.90 Å². The van der Waals surface area contributed by atoms with Crippen molar-refractivity contribution in [1.29, 1.82) is 0 Å². The van der Waals surface area contributed by atoms with E-state index in [1.165, 1.54) is 43.6 Å². The number of hydrogen-bond donors (Lipinski definition) is 0. The van der Waals surface area contributed by atoms with E-state index in [0.29, 0.717) is 5.88 Å². The van der Waals surface area contributed by atoms with Gasteiger partial charge in [-0.25, -0.2) is 0 Å². The third-order valence-electron chi connectivity index (χ3n) is 2.97. The molecule has 90 valence electrons. The molecule has 0 radical (unpaired) electrons. The molecular formula is C12H18Cl2N2. The standard InChI is InChI=1S/C12H17ClN2.ClH/c1-10-9-14-11(8-13)7-12(10)15-5-3-2-4-6-15;/h7,9H,2-6,8H2,1H3;1H. The van der Waals surface area contributed by atoms with E-state index in [0.717, 1.165) is 5.69 Å². The topological polar surface area (TPSA) is 16.1 Å². The van der Waals surface area contributed by atoms with Crippen molar-refractivity contribution >= 4 is 29.7 Å². The number of hydrogen-bond acceptors (Lipinski definition) is 2. The van der Waals surface area contributed by atoms with Gasteiger partial charge in [-0.05, 0) is 37.8 Å². The van der Waals surface area contributed by atoms with E-state index in [1.54, 1.807) is 0 Å². The Balaban J connectivity index is 0.00000128. The van der Waals surface area contributed by atoms with Gasteiger partial charge in [-0.1, -0.05) is 0 Å². The average molecular weight is 261 g/mol. The Labute approximate surface area is 108 Å². The number of aryl methyl sites for hydroxylation is 1. The van der Waals surface area contributed by atoms with Gasteiger partial charge in [-0.15, -0.1) is 24.0 Å². The Morgan fingerprint density at radius 3 is 2.62 bits per heavy atom. The molecule has 0 atom stereocenters. The lowest BCUT2D eigenvalue weighted by molar-refractivity contribution is 0.576. The zero-order chi connectivity index (χ0) is 10.7. The lowest BCUT2D eigenvalue weighted by Crippen LogP contribution is -2.30. The van der Waals surface area contributed by atoms with Gasteiger partial charge < -0.3 is 4.90 Å². The Morgan fingerprint density at radius 2 is 2.00 bits per heavy atom. The van der Waals surface area contributed by atoms with Crippen LogP contribution in [0.4, 0.5) is 5.69 Å². The fourth-order valence-electron chi connectivity index (χ4n) is 2.10. The van der Waals surface area contributed by atoms with E-state index in [-0.39, 0.29) is 12.4 Å². The molecule has 1 fully saturated rings. The van der Waals surface area contributed by atoms with Crippen LogP contribution in [0.1, 0.15) is 30.5 Å². The third kappa shape index (κ3) is 3.02. The molecule has 0 aromatic carbocycles. The average Bonchev–Trinajstić information content (AvgIpc) is 2.31. The highest BCUT2D eigenvalue weighted by atomic mass is 35.5. The van der Waals surface area contributed by atoms with Crippen molar-refractivity contribution in [2.24, 2.45) is 0 Å². The molecule has 0 saturated carbocycles. The van der Waals surface area contributed by atoms with Crippen LogP contribution in [0.2, 0.25) is 0 Å². The van der Waals surface area contributed by atoms with E-state index in [9.17, 15) is 0 Å². The molecule has 2 heterocycles. The highest BCUT2D eigenvalue weighted by Crippen LogP contribution is 2.24. The summed E-state index contributed by atoms with van der Waals surface area (Å²) in [5.41, 5.74) is 3.55. The maximum atomic E-state index is 5.81. The summed E-state index contributed by atoms with van der Waals surface area (Å²) in [6.45, 7) is 4.47. The van der Waals surface area contributed by atoms with Crippen molar-refractivity contribution in [3.8, 4) is 0 Å². The second-order valence-corrected chi connectivity index (χ2v) is 4.41. The minimum absolute atomic E-state index is 0. The fraction of sp³-hybridized carbons (Fsp3) is 0.583. The molecule has 1 aromatic rings. The number of anilines is 1. The van der Waals surface area contributed by atoms with Gasteiger partial charge in [0, 0.05) is 25.0 Å². The highest BCUT2D eigenvalue weighted by molar-refractivity contribution is 6.16. The molecule has 2 nitrogen and oxygen atoms in total. The number of pyridine rings is 1. The first-order chi connectivity index (χ1) is 7.31. The summed E-state index contributed by atoms with van der Waals surface area (Å²) in [4.78, 5) is 6.75. The van der Waals surface area contributed by atoms with Crippen molar-refractivity contribution in [2.45, 2.75) is 32.1 Å². The summed E-state index contributed by atoms with van der Waals surface area (Å²) >= 11 is 5.81. The molecule has 1 aliphatic heterocycles. The van der Waals surface area contributed by atoms with E-state index in [1.807, 2.05) is 6.20 Å². The van der Waals surface area contributed by atoms with E-state index in [4.69, 9.17) is 11.6 Å². The van der Waals surface area contributed by atoms with Crippen LogP contribution in [0.3, 0.4) is 0 Å². The number of rotatable bonds is 2. The summed E-state index contributed by atoms with van der Waals surface area (Å²) < 4.78 is 0. The molecule has 1 aromatic heterocycles. The Kier molecular flexibility index (Phi) is 5.36. The van der Waals surface area contributed by atoms with Crippen molar-refractivity contribution in [1.82, 2.24) is 4.98 Å². The molecule has 0 N–H and O–H groups in total. The zero-order valence-corrected chi connectivity index (χ0v) is 11.2. The SMILES string of the molecule is Cc1cnc(CCl)cc1N1CCCCC1.Cl. The van der Waals surface area contributed by atoms with Gasteiger partial charge in [0.1, 0.15) is 0 Å². The van der Waals surface area contributed by atoms with Crippen molar-refractivity contribution in [3.05, 3.63) is 23.5 Å². The summed E-state index contributed by atoms with van der Waals surface area (Å²) in [6.07, 6.45) is 5.90. The molecule has 0 spiro atoms. The maximum Gasteiger partial charge on any atom is 0.0648 e. The van der Waals surface area contributed by atoms with Gasteiger partial charge in [0.2, 0.25) is 0 Å². The van der Waals surface area contributed by atoms with Gasteiger partial charge >= 0.3 is 0 Å². The largest absolute Gasteiger partial charge is 0.371 e. The molecule has 0 aliphatic carbocycles. The molecule has 1 saturated heterocycles. The van der Waals surface area contributed by atoms with Crippen molar-refractivity contribution < 1.29 is 0 Å². The van der Waals surface area contributed by atoms with Crippen LogP contribution in [-0.4, -0.2) is 18.1 Å². The quantitative estimate of drug-likeness (QED) is 0.757. The second kappa shape index (κ2) is 6.31. The third-order valence-corrected chi connectivity index (χ3v) is 3.24. The van der Waals surface area contributed by atoms with Gasteiger partial charge in [0.05, 0.1) is 11.6 Å². The Morgan fingerprint density at radius 1 is 1.31 bits per heavy atom. The smallest absolute Gasteiger partial charge is 0.0648 e. The monoisotopic (exact) mass is 260 g/mol. The molecule has 2 rings (SSSR count). The summed E-state index contributed by atoms with van der Waals surface area (Å²) in [6, 6.07) is 2.13. The van der Waals surface area contributed by atoms with Gasteiger partial charge in [0.25, 0.3) is 0 Å². The van der Waals surface area contributed by atoms with Gasteiger partial charge in [-0.3, -0.25) is 4.98 Å². The van der Waals surface area contributed by atoms with Crippen molar-refractivity contribution in [2.75, 3.05) is 18.0 Å². The molecule has 4 heteroatoms. The minimum Gasteiger partial charge on any atom is -0.371 e. The normalized spacial score (nSPS) is 15.8. The first-order valence-electron chi connectivity index (χ1n) is 5.57. The van der Waals surface area contributed by atoms with Crippen LogP contribution in [0.25, 0.3) is 0 Å². The van der Waals surface area contributed by atoms with E-state index >= 15 is 0 Å². The molecular weight excluding hydrogens is 243 g/mol. The predicted octanol–water partition coefficient (Wildman–Crippen LogP) is 3.54. The number of alkyl halides is 1. The van der Waals surface area contributed by atoms with Gasteiger partial charge in [0.15, 0.2) is 0 Å². The number of halogens is 2. The molecule has 0 unspecified atom stereocenters.